The SMILES string of the molecule is C1=C2C(=CCC1N(c1ccc(-c3ccc4ccccc4c3-c3ccccc3)cc1)c1ccccc1-c1ccc3ccccc3c1)C1(c3ccccc32)c2ccccc2-c2ccccc21. The number of fused-ring (bicyclic) bond motifs is 12. The molecule has 1 unspecified atom stereocenters. The normalized spacial score (nSPS) is 15.3. The van der Waals surface area contributed by atoms with Crippen LogP contribution in [0.1, 0.15) is 28.7 Å². The molecule has 0 bridgehead atoms. The first-order valence-electron chi connectivity index (χ1n) is 22.5. The number of allylic oxidation sites excluding steroid dienone is 2. The van der Waals surface area contributed by atoms with Crippen molar-refractivity contribution < 1.29 is 0 Å². The first-order valence-corrected chi connectivity index (χ1v) is 22.5. The van der Waals surface area contributed by atoms with E-state index in [0.717, 1.165) is 12.1 Å². The van der Waals surface area contributed by atoms with Crippen LogP contribution < -0.4 is 4.90 Å². The molecule has 64 heavy (non-hydrogen) atoms. The molecule has 0 radical (unpaired) electrons. The molecule has 3 aliphatic carbocycles. The highest BCUT2D eigenvalue weighted by Gasteiger charge is 2.53. The van der Waals surface area contributed by atoms with Gasteiger partial charge in [0.2, 0.25) is 0 Å². The molecule has 0 amide bonds. The number of hydrogen-bond donors (Lipinski definition) is 0. The minimum Gasteiger partial charge on any atom is -0.334 e. The van der Waals surface area contributed by atoms with Gasteiger partial charge in [0.15, 0.2) is 0 Å². The van der Waals surface area contributed by atoms with Gasteiger partial charge in [0, 0.05) is 16.9 Å². The van der Waals surface area contributed by atoms with Gasteiger partial charge in [0.05, 0.1) is 11.5 Å². The molecule has 1 atom stereocenters. The van der Waals surface area contributed by atoms with Crippen molar-refractivity contribution in [2.24, 2.45) is 0 Å². The Kier molecular flexibility index (Phi) is 8.33. The van der Waals surface area contributed by atoms with Crippen LogP contribution in [0.4, 0.5) is 11.4 Å². The average molecular weight is 814 g/mol. The number of anilines is 2. The predicted octanol–water partition coefficient (Wildman–Crippen LogP) is 16.2. The van der Waals surface area contributed by atoms with E-state index in [4.69, 9.17) is 0 Å². The highest BCUT2D eigenvalue weighted by atomic mass is 15.2. The first-order chi connectivity index (χ1) is 31.8. The van der Waals surface area contributed by atoms with Crippen LogP contribution in [0, 0.1) is 0 Å². The van der Waals surface area contributed by atoms with Crippen molar-refractivity contribution in [3.8, 4) is 44.5 Å². The summed E-state index contributed by atoms with van der Waals surface area (Å²) in [4.78, 5) is 2.61. The summed E-state index contributed by atoms with van der Waals surface area (Å²) in [6.45, 7) is 0. The summed E-state index contributed by atoms with van der Waals surface area (Å²) in [5, 5.41) is 5.00. The molecule has 0 N–H and O–H groups in total. The molecule has 10 aromatic rings. The molecule has 1 nitrogen and oxygen atoms in total. The maximum absolute atomic E-state index is 2.61. The quantitative estimate of drug-likeness (QED) is 0.162. The smallest absolute Gasteiger partial charge is 0.0722 e. The van der Waals surface area contributed by atoms with Crippen LogP contribution in [0.5, 0.6) is 0 Å². The van der Waals surface area contributed by atoms with Gasteiger partial charge in [-0.1, -0.05) is 218 Å². The molecule has 0 saturated heterocycles. The summed E-state index contributed by atoms with van der Waals surface area (Å²) < 4.78 is 0. The summed E-state index contributed by atoms with van der Waals surface area (Å²) in [5.41, 5.74) is 20.2. The van der Waals surface area contributed by atoms with Gasteiger partial charge in [-0.3, -0.25) is 0 Å². The molecule has 0 aromatic heterocycles. The van der Waals surface area contributed by atoms with Crippen LogP contribution in [-0.2, 0) is 5.41 Å². The zero-order valence-corrected chi connectivity index (χ0v) is 35.3. The van der Waals surface area contributed by atoms with Gasteiger partial charge in [0.25, 0.3) is 0 Å². The fourth-order valence-electron chi connectivity index (χ4n) is 11.5. The Labute approximate surface area is 374 Å². The Morgan fingerprint density at radius 2 is 0.953 bits per heavy atom. The largest absolute Gasteiger partial charge is 0.334 e. The van der Waals surface area contributed by atoms with Crippen molar-refractivity contribution in [3.63, 3.8) is 0 Å². The lowest BCUT2D eigenvalue weighted by Gasteiger charge is -2.37. The third-order valence-electron chi connectivity index (χ3n) is 14.2. The summed E-state index contributed by atoms with van der Waals surface area (Å²) in [6, 6.07) is 85.5. The highest BCUT2D eigenvalue weighted by Crippen LogP contribution is 2.64. The second kappa shape index (κ2) is 14.5. The van der Waals surface area contributed by atoms with Crippen molar-refractivity contribution in [1.29, 1.82) is 0 Å². The maximum Gasteiger partial charge on any atom is 0.0722 e. The molecule has 0 heterocycles. The van der Waals surface area contributed by atoms with Gasteiger partial charge in [-0.25, -0.2) is 0 Å². The first kappa shape index (κ1) is 36.6. The summed E-state index contributed by atoms with van der Waals surface area (Å²) in [7, 11) is 0. The van der Waals surface area contributed by atoms with Crippen molar-refractivity contribution in [1.82, 2.24) is 0 Å². The molecule has 10 aromatic carbocycles. The Balaban J connectivity index is 0.991. The van der Waals surface area contributed by atoms with Crippen LogP contribution in [0.25, 0.3) is 71.6 Å². The van der Waals surface area contributed by atoms with E-state index in [9.17, 15) is 0 Å². The van der Waals surface area contributed by atoms with E-state index in [-0.39, 0.29) is 11.5 Å². The fourth-order valence-corrected chi connectivity index (χ4v) is 11.5. The van der Waals surface area contributed by atoms with Crippen molar-refractivity contribution in [2.45, 2.75) is 17.9 Å². The second-order valence-corrected chi connectivity index (χ2v) is 17.5. The van der Waals surface area contributed by atoms with E-state index in [1.165, 1.54) is 105 Å². The molecule has 13 rings (SSSR count). The van der Waals surface area contributed by atoms with Crippen molar-refractivity contribution >= 4 is 38.5 Å². The van der Waals surface area contributed by atoms with Gasteiger partial charge in [-0.05, 0) is 125 Å². The summed E-state index contributed by atoms with van der Waals surface area (Å²) in [6.07, 6.45) is 6.03. The van der Waals surface area contributed by atoms with Gasteiger partial charge in [-0.2, -0.15) is 0 Å². The zero-order valence-electron chi connectivity index (χ0n) is 35.3. The topological polar surface area (TPSA) is 3.24 Å². The molecule has 0 saturated carbocycles. The van der Waals surface area contributed by atoms with Gasteiger partial charge in [-0.15, -0.1) is 0 Å². The van der Waals surface area contributed by atoms with Crippen molar-refractivity contribution in [3.05, 3.63) is 271 Å². The molecule has 1 spiro atoms. The van der Waals surface area contributed by atoms with Crippen LogP contribution in [-0.4, -0.2) is 6.04 Å². The fraction of sp³-hybridized carbons (Fsp3) is 0.0476. The van der Waals surface area contributed by atoms with E-state index < -0.39 is 0 Å². The lowest BCUT2D eigenvalue weighted by atomic mass is 9.69. The monoisotopic (exact) mass is 813 g/mol. The van der Waals surface area contributed by atoms with E-state index in [0.29, 0.717) is 0 Å². The van der Waals surface area contributed by atoms with Crippen LogP contribution >= 0.6 is 0 Å². The minimum absolute atomic E-state index is 0.0434. The van der Waals surface area contributed by atoms with Crippen LogP contribution in [0.3, 0.4) is 0 Å². The number of rotatable bonds is 6. The molecule has 1 heteroatoms. The van der Waals surface area contributed by atoms with Gasteiger partial charge >= 0.3 is 0 Å². The Morgan fingerprint density at radius 1 is 0.391 bits per heavy atom. The summed E-state index contributed by atoms with van der Waals surface area (Å²) in [5.74, 6) is 0. The van der Waals surface area contributed by atoms with Crippen LogP contribution in [0.15, 0.2) is 248 Å². The minimum atomic E-state index is -0.355. The Bertz CT molecular complexity index is 3490. The molecular weight excluding hydrogens is 771 g/mol. The van der Waals surface area contributed by atoms with Crippen LogP contribution in [0.2, 0.25) is 0 Å². The van der Waals surface area contributed by atoms with E-state index in [2.05, 4.69) is 248 Å². The maximum atomic E-state index is 2.61. The molecule has 0 fully saturated rings. The third-order valence-corrected chi connectivity index (χ3v) is 14.2. The van der Waals surface area contributed by atoms with E-state index in [1.807, 2.05) is 0 Å². The second-order valence-electron chi connectivity index (χ2n) is 17.5. The van der Waals surface area contributed by atoms with Gasteiger partial charge < -0.3 is 4.90 Å². The highest BCUT2D eigenvalue weighted by molar-refractivity contribution is 6.05. The number of para-hydroxylation sites is 1. The number of benzene rings is 10. The lowest BCUT2D eigenvalue weighted by Crippen LogP contribution is -2.33. The molecule has 300 valence electrons. The molecule has 3 aliphatic rings. The molecule has 0 aliphatic heterocycles. The lowest BCUT2D eigenvalue weighted by molar-refractivity contribution is 0.745. The molecular formula is C63H43N. The Morgan fingerprint density at radius 3 is 1.70 bits per heavy atom. The summed E-state index contributed by atoms with van der Waals surface area (Å²) >= 11 is 0. The average Bonchev–Trinajstić information content (AvgIpc) is 3.84. The standard InChI is InChI=1S/C63H43N/c1-2-18-45(19-3-1)62-51-22-7-6-17-43(51)34-38-52(62)44-32-35-48(36-33-44)64(61-29-15-11-21-50(61)47-31-30-42-16-4-5-20-46(42)40-47)49-37-39-60-56(41-49)55-25-10-14-28-59(55)63(60)57-26-12-8-23-53(57)54-24-9-13-27-58(54)63/h1-36,38-41,49H,37H2. The number of hydrogen-bond acceptors (Lipinski definition) is 1. The zero-order chi connectivity index (χ0) is 42.2. The predicted molar refractivity (Wildman–Crippen MR) is 269 cm³/mol. The van der Waals surface area contributed by atoms with Gasteiger partial charge in [0.1, 0.15) is 0 Å². The van der Waals surface area contributed by atoms with E-state index >= 15 is 0 Å². The third kappa shape index (κ3) is 5.44. The van der Waals surface area contributed by atoms with E-state index in [1.54, 1.807) is 0 Å². The number of nitrogens with zero attached hydrogens (tertiary/aromatic N) is 1. The Hall–Kier alpha value is -8.00. The van der Waals surface area contributed by atoms with Crippen molar-refractivity contribution in [2.75, 3.05) is 4.90 Å².